The standard InChI is InChI=1S/C24H27N3O4/c1-5-16(13-15-11-9-14(2)10-12-15)25-19-20(23(30)22(19)29)26-18-8-6-7-17(21(18)28)24(31)27(3)4/h6-12,16,25-26,28H,5,13H2,1-4H3/t16-/m1/s1. The van der Waals surface area contributed by atoms with Crippen LogP contribution in [0.15, 0.2) is 52.1 Å². The number of hydrogen-bond acceptors (Lipinski definition) is 6. The molecule has 1 atom stereocenters. The summed E-state index contributed by atoms with van der Waals surface area (Å²) in [6.07, 6.45) is 1.46. The summed E-state index contributed by atoms with van der Waals surface area (Å²) in [7, 11) is 3.17. The molecular formula is C24H27N3O4. The third-order valence-electron chi connectivity index (χ3n) is 5.29. The maximum Gasteiger partial charge on any atom is 0.257 e. The minimum Gasteiger partial charge on any atom is -0.505 e. The van der Waals surface area contributed by atoms with E-state index in [4.69, 9.17) is 0 Å². The van der Waals surface area contributed by atoms with Crippen LogP contribution in [0.1, 0.15) is 34.8 Å². The molecule has 0 bridgehead atoms. The molecule has 3 aromatic carbocycles. The molecule has 0 radical (unpaired) electrons. The molecular weight excluding hydrogens is 394 g/mol. The summed E-state index contributed by atoms with van der Waals surface area (Å²) in [5, 5.41) is 16.5. The minimum absolute atomic E-state index is 0.0400. The van der Waals surface area contributed by atoms with Crippen LogP contribution in [0, 0.1) is 6.92 Å². The van der Waals surface area contributed by atoms with Crippen molar-refractivity contribution in [1.29, 1.82) is 0 Å². The van der Waals surface area contributed by atoms with E-state index in [1.54, 1.807) is 26.2 Å². The fourth-order valence-corrected chi connectivity index (χ4v) is 3.35. The van der Waals surface area contributed by atoms with Gasteiger partial charge < -0.3 is 20.6 Å². The second kappa shape index (κ2) is 9.04. The minimum atomic E-state index is -0.656. The molecule has 7 heteroatoms. The van der Waals surface area contributed by atoms with Crippen LogP contribution in [0.3, 0.4) is 0 Å². The fourth-order valence-electron chi connectivity index (χ4n) is 3.35. The maximum absolute atomic E-state index is 12.2. The van der Waals surface area contributed by atoms with Gasteiger partial charge in [0.25, 0.3) is 16.8 Å². The van der Waals surface area contributed by atoms with Gasteiger partial charge in [-0.1, -0.05) is 42.8 Å². The smallest absolute Gasteiger partial charge is 0.257 e. The van der Waals surface area contributed by atoms with Crippen molar-refractivity contribution in [3.8, 4) is 5.75 Å². The Hall–Kier alpha value is -3.61. The van der Waals surface area contributed by atoms with Crippen molar-refractivity contribution in [2.45, 2.75) is 32.7 Å². The lowest BCUT2D eigenvalue weighted by Crippen LogP contribution is -2.39. The Bertz CT molecular complexity index is 1160. The third kappa shape index (κ3) is 4.60. The van der Waals surface area contributed by atoms with Crippen molar-refractivity contribution >= 4 is 23.0 Å². The van der Waals surface area contributed by atoms with Gasteiger partial charge in [0.05, 0.1) is 11.3 Å². The Kier molecular flexibility index (Phi) is 6.44. The molecule has 7 nitrogen and oxygen atoms in total. The molecule has 0 fully saturated rings. The number of amides is 1. The first-order valence-corrected chi connectivity index (χ1v) is 10.2. The van der Waals surface area contributed by atoms with Gasteiger partial charge in [-0.05, 0) is 37.5 Å². The van der Waals surface area contributed by atoms with Gasteiger partial charge in [0.2, 0.25) is 0 Å². The average Bonchev–Trinajstić information content (AvgIpc) is 2.76. The number of phenols is 1. The summed E-state index contributed by atoms with van der Waals surface area (Å²) in [5.41, 5.74) is 1.65. The molecule has 0 aromatic heterocycles. The van der Waals surface area contributed by atoms with Crippen molar-refractivity contribution in [2.24, 2.45) is 0 Å². The fraction of sp³-hybridized carbons (Fsp3) is 0.292. The Morgan fingerprint density at radius 1 is 1.03 bits per heavy atom. The molecule has 0 saturated heterocycles. The number of carbonyl (C=O) groups is 1. The predicted octanol–water partition coefficient (Wildman–Crippen LogP) is 3.18. The zero-order chi connectivity index (χ0) is 22.7. The lowest BCUT2D eigenvalue weighted by Gasteiger charge is -2.22. The van der Waals surface area contributed by atoms with Crippen molar-refractivity contribution in [1.82, 2.24) is 4.90 Å². The van der Waals surface area contributed by atoms with Crippen LogP contribution in [0.2, 0.25) is 0 Å². The molecule has 1 amide bonds. The Balaban J connectivity index is 1.83. The second-order valence-electron chi connectivity index (χ2n) is 7.87. The molecule has 3 rings (SSSR count). The number of anilines is 3. The first kappa shape index (κ1) is 22.1. The Labute approximate surface area is 181 Å². The van der Waals surface area contributed by atoms with Crippen LogP contribution >= 0.6 is 0 Å². The number of aryl methyl sites for hydroxylation is 1. The predicted molar refractivity (Wildman–Crippen MR) is 123 cm³/mol. The number of benzene rings is 2. The zero-order valence-corrected chi connectivity index (χ0v) is 18.2. The number of carbonyl (C=O) groups excluding carboxylic acids is 1. The van der Waals surface area contributed by atoms with Crippen LogP contribution in [0.4, 0.5) is 17.1 Å². The number of hydrogen-bond donors (Lipinski definition) is 3. The third-order valence-corrected chi connectivity index (χ3v) is 5.29. The topological polar surface area (TPSA) is 98.7 Å². The SMILES string of the molecule is CC[C@H](Cc1ccc(C)cc1)Nc1c(Nc2cccc(C(=O)N(C)C)c2O)c(=O)c1=O. The van der Waals surface area contributed by atoms with E-state index in [-0.39, 0.29) is 40.3 Å². The van der Waals surface area contributed by atoms with Crippen LogP contribution in [-0.2, 0) is 6.42 Å². The van der Waals surface area contributed by atoms with Crippen molar-refractivity contribution in [3.05, 3.63) is 79.6 Å². The molecule has 31 heavy (non-hydrogen) atoms. The lowest BCUT2D eigenvalue weighted by molar-refractivity contribution is 0.0824. The highest BCUT2D eigenvalue weighted by atomic mass is 16.3. The monoisotopic (exact) mass is 421 g/mol. The molecule has 3 aromatic rings. The van der Waals surface area contributed by atoms with E-state index in [0.717, 1.165) is 12.0 Å². The van der Waals surface area contributed by atoms with Gasteiger partial charge in [-0.15, -0.1) is 0 Å². The maximum atomic E-state index is 12.2. The highest BCUT2D eigenvalue weighted by Gasteiger charge is 2.25. The van der Waals surface area contributed by atoms with Gasteiger partial charge in [-0.25, -0.2) is 0 Å². The molecule has 162 valence electrons. The van der Waals surface area contributed by atoms with Crippen LogP contribution in [-0.4, -0.2) is 36.1 Å². The largest absolute Gasteiger partial charge is 0.505 e. The average molecular weight is 421 g/mol. The molecule has 0 heterocycles. The number of phenolic OH excluding ortho intramolecular Hbond substituents is 1. The summed E-state index contributed by atoms with van der Waals surface area (Å²) in [6.45, 7) is 4.03. The van der Waals surface area contributed by atoms with E-state index >= 15 is 0 Å². The zero-order valence-electron chi connectivity index (χ0n) is 18.2. The number of rotatable bonds is 8. The second-order valence-corrected chi connectivity index (χ2v) is 7.87. The van der Waals surface area contributed by atoms with E-state index in [0.29, 0.717) is 6.42 Å². The van der Waals surface area contributed by atoms with Gasteiger partial charge in [-0.2, -0.15) is 0 Å². The van der Waals surface area contributed by atoms with Gasteiger partial charge in [-0.3, -0.25) is 14.4 Å². The molecule has 0 unspecified atom stereocenters. The number of aromatic hydroxyl groups is 1. The van der Waals surface area contributed by atoms with E-state index in [9.17, 15) is 19.5 Å². The van der Waals surface area contributed by atoms with Crippen molar-refractivity contribution in [3.63, 3.8) is 0 Å². The Morgan fingerprint density at radius 3 is 2.29 bits per heavy atom. The van der Waals surface area contributed by atoms with Crippen LogP contribution in [0.5, 0.6) is 5.75 Å². The summed E-state index contributed by atoms with van der Waals surface area (Å²) in [4.78, 5) is 38.0. The number of nitrogens with zero attached hydrogens (tertiary/aromatic N) is 1. The van der Waals surface area contributed by atoms with Crippen LogP contribution in [0.25, 0.3) is 0 Å². The van der Waals surface area contributed by atoms with Gasteiger partial charge in [0.1, 0.15) is 11.4 Å². The van der Waals surface area contributed by atoms with E-state index in [2.05, 4.69) is 10.6 Å². The van der Waals surface area contributed by atoms with Gasteiger partial charge in [0, 0.05) is 20.1 Å². The first-order valence-electron chi connectivity index (χ1n) is 10.2. The molecule has 3 N–H and O–H groups in total. The summed E-state index contributed by atoms with van der Waals surface area (Å²) < 4.78 is 0. The highest BCUT2D eigenvalue weighted by Crippen LogP contribution is 2.32. The first-order chi connectivity index (χ1) is 14.7. The van der Waals surface area contributed by atoms with Crippen molar-refractivity contribution < 1.29 is 9.90 Å². The number of nitrogens with one attached hydrogen (secondary N) is 2. The molecule has 0 aliphatic carbocycles. The van der Waals surface area contributed by atoms with Gasteiger partial charge >= 0.3 is 0 Å². The molecule has 0 saturated carbocycles. The Morgan fingerprint density at radius 2 is 1.68 bits per heavy atom. The summed E-state index contributed by atoms with van der Waals surface area (Å²) in [6, 6.07) is 12.8. The van der Waals surface area contributed by atoms with E-state index < -0.39 is 10.9 Å². The molecule has 0 aliphatic rings. The molecule has 0 spiro atoms. The number of para-hydroxylation sites is 1. The van der Waals surface area contributed by atoms with Crippen molar-refractivity contribution in [2.75, 3.05) is 24.7 Å². The lowest BCUT2D eigenvalue weighted by atomic mass is 10.0. The normalized spacial score (nSPS) is 11.9. The molecule has 0 aliphatic heterocycles. The highest BCUT2D eigenvalue weighted by molar-refractivity contribution is 5.99. The van der Waals surface area contributed by atoms with E-state index in [1.807, 2.05) is 38.1 Å². The summed E-state index contributed by atoms with van der Waals surface area (Å²) >= 11 is 0. The van der Waals surface area contributed by atoms with Gasteiger partial charge in [0.15, 0.2) is 5.75 Å². The quantitative estimate of drug-likeness (QED) is 0.382. The van der Waals surface area contributed by atoms with E-state index in [1.165, 1.54) is 16.5 Å². The van der Waals surface area contributed by atoms with Crippen LogP contribution < -0.4 is 21.5 Å². The summed E-state index contributed by atoms with van der Waals surface area (Å²) in [5.74, 6) is -0.638.